The third kappa shape index (κ3) is 15.6. The lowest BCUT2D eigenvalue weighted by Crippen LogP contribution is -2.80. The maximum absolute atomic E-state index is 9.75. The summed E-state index contributed by atoms with van der Waals surface area (Å²) >= 11 is 0. The van der Waals surface area contributed by atoms with Crippen LogP contribution in [0.2, 0.25) is 0 Å². The van der Waals surface area contributed by atoms with E-state index in [2.05, 4.69) is 5.32 Å². The van der Waals surface area contributed by atoms with Crippen molar-refractivity contribution in [3.05, 3.63) is 0 Å². The van der Waals surface area contributed by atoms with Gasteiger partial charge in [0.25, 0.3) is 0 Å². The van der Waals surface area contributed by atoms with Crippen molar-refractivity contribution in [3.63, 3.8) is 0 Å². The van der Waals surface area contributed by atoms with Crippen LogP contribution in [-0.4, -0.2) is 20.3 Å². The molecule has 1 aliphatic heterocycles. The van der Waals surface area contributed by atoms with Crippen molar-refractivity contribution in [1.82, 2.24) is 0 Å². The predicted octanol–water partition coefficient (Wildman–Crippen LogP) is 0.644. The first-order chi connectivity index (χ1) is 4.50. The van der Waals surface area contributed by atoms with Crippen molar-refractivity contribution >= 4 is 7.25 Å². The van der Waals surface area contributed by atoms with Crippen LogP contribution in [0.4, 0.5) is 17.3 Å². The third-order valence-corrected chi connectivity index (χ3v) is 1.07. The van der Waals surface area contributed by atoms with Gasteiger partial charge < -0.3 is 22.6 Å². The average molecular weight is 159 g/mol. The summed E-state index contributed by atoms with van der Waals surface area (Å²) in [5, 5.41) is 2.36. The molecular formula is C4H10BF4N. The topological polar surface area (TPSA) is 16.6 Å². The highest BCUT2D eigenvalue weighted by Gasteiger charge is 2.20. The first-order valence-corrected chi connectivity index (χ1v) is 3.19. The normalized spacial score (nSPS) is 18.0. The zero-order valence-corrected chi connectivity index (χ0v) is 5.49. The quantitative estimate of drug-likeness (QED) is 0.394. The molecule has 1 fully saturated rings. The van der Waals surface area contributed by atoms with Crippen LogP contribution >= 0.6 is 0 Å². The van der Waals surface area contributed by atoms with Crippen LogP contribution in [0.25, 0.3) is 0 Å². The van der Waals surface area contributed by atoms with Crippen LogP contribution < -0.4 is 5.32 Å². The molecule has 0 unspecified atom stereocenters. The highest BCUT2D eigenvalue weighted by molar-refractivity contribution is 6.50. The Morgan fingerprint density at radius 1 is 0.900 bits per heavy atom. The Kier molecular flexibility index (Phi) is 4.43. The first-order valence-electron chi connectivity index (χ1n) is 3.19. The molecule has 0 aliphatic carbocycles. The highest BCUT2D eigenvalue weighted by atomic mass is 19.5. The Morgan fingerprint density at radius 3 is 1.30 bits per heavy atom. The third-order valence-electron chi connectivity index (χ3n) is 1.07. The van der Waals surface area contributed by atoms with Gasteiger partial charge in [0.2, 0.25) is 0 Å². The minimum absolute atomic E-state index is 1.38. The molecule has 0 aromatic heterocycles. The number of halogens is 4. The lowest BCUT2D eigenvalue weighted by molar-refractivity contribution is -0.635. The number of hydrogen-bond donors (Lipinski definition) is 1. The molecule has 1 heterocycles. The molecule has 0 aromatic carbocycles. The molecule has 6 heteroatoms. The fraction of sp³-hybridized carbons (Fsp3) is 1.00. The number of rotatable bonds is 0. The second-order valence-corrected chi connectivity index (χ2v) is 2.07. The van der Waals surface area contributed by atoms with Crippen LogP contribution in [-0.2, 0) is 0 Å². The fourth-order valence-corrected chi connectivity index (χ4v) is 0.722. The van der Waals surface area contributed by atoms with Crippen molar-refractivity contribution in [2.75, 3.05) is 13.1 Å². The Balaban J connectivity index is 0.000000162. The van der Waals surface area contributed by atoms with Gasteiger partial charge in [0.15, 0.2) is 0 Å². The molecule has 0 saturated carbocycles. The summed E-state index contributed by atoms with van der Waals surface area (Å²) in [5.74, 6) is 0. The molecule has 0 atom stereocenters. The second-order valence-electron chi connectivity index (χ2n) is 2.07. The van der Waals surface area contributed by atoms with Gasteiger partial charge in [0, 0.05) is 12.8 Å². The van der Waals surface area contributed by atoms with Gasteiger partial charge in [-0.15, -0.1) is 0 Å². The van der Waals surface area contributed by atoms with Gasteiger partial charge >= 0.3 is 7.25 Å². The van der Waals surface area contributed by atoms with Gasteiger partial charge in [0.1, 0.15) is 0 Å². The Labute approximate surface area is 56.9 Å². The van der Waals surface area contributed by atoms with E-state index in [0.717, 1.165) is 0 Å². The molecule has 62 valence electrons. The van der Waals surface area contributed by atoms with E-state index in [1.807, 2.05) is 0 Å². The lowest BCUT2D eigenvalue weighted by atomic mass is 10.3. The van der Waals surface area contributed by atoms with E-state index < -0.39 is 7.25 Å². The van der Waals surface area contributed by atoms with Crippen molar-refractivity contribution in [1.29, 1.82) is 0 Å². The molecule has 0 bridgehead atoms. The molecule has 0 spiro atoms. The largest absolute Gasteiger partial charge is 0.673 e. The standard InChI is InChI=1S/C4H9N.BF4/c1-2-4-5-3-1;2-1(3,4)5/h5H,1-4H2;/q;-1/p+1. The van der Waals surface area contributed by atoms with Gasteiger partial charge in [-0.05, 0) is 0 Å². The zero-order valence-electron chi connectivity index (χ0n) is 5.49. The van der Waals surface area contributed by atoms with E-state index in [1.54, 1.807) is 0 Å². The summed E-state index contributed by atoms with van der Waals surface area (Å²) < 4.78 is 39.0. The molecular weight excluding hydrogens is 149 g/mol. The highest BCUT2D eigenvalue weighted by Crippen LogP contribution is 2.06. The minimum Gasteiger partial charge on any atom is -0.418 e. The van der Waals surface area contributed by atoms with E-state index in [4.69, 9.17) is 0 Å². The van der Waals surface area contributed by atoms with Crippen LogP contribution in [0.3, 0.4) is 0 Å². The van der Waals surface area contributed by atoms with Crippen LogP contribution in [0.15, 0.2) is 0 Å². The maximum atomic E-state index is 9.75. The van der Waals surface area contributed by atoms with E-state index >= 15 is 0 Å². The SMILES string of the molecule is C1CC[NH2+]C1.F[B-](F)(F)F. The summed E-state index contributed by atoms with van der Waals surface area (Å²) in [5.41, 5.74) is 0. The van der Waals surface area contributed by atoms with E-state index in [9.17, 15) is 17.3 Å². The molecule has 0 amide bonds. The summed E-state index contributed by atoms with van der Waals surface area (Å²) in [4.78, 5) is 0. The van der Waals surface area contributed by atoms with Crippen LogP contribution in [0, 0.1) is 0 Å². The monoisotopic (exact) mass is 159 g/mol. The van der Waals surface area contributed by atoms with Crippen molar-refractivity contribution in [2.45, 2.75) is 12.8 Å². The molecule has 10 heavy (non-hydrogen) atoms. The first kappa shape index (κ1) is 9.74. The molecule has 2 N–H and O–H groups in total. The summed E-state index contributed by atoms with van der Waals surface area (Å²) in [6.07, 6.45) is 2.89. The zero-order chi connectivity index (χ0) is 8.04. The molecule has 0 radical (unpaired) electrons. The maximum Gasteiger partial charge on any atom is 0.673 e. The van der Waals surface area contributed by atoms with Gasteiger partial charge in [-0.1, -0.05) is 0 Å². The molecule has 1 nitrogen and oxygen atoms in total. The minimum atomic E-state index is -6.00. The second kappa shape index (κ2) is 4.54. The fourth-order valence-electron chi connectivity index (χ4n) is 0.722. The summed E-state index contributed by atoms with van der Waals surface area (Å²) in [6, 6.07) is 0. The van der Waals surface area contributed by atoms with Gasteiger partial charge in [-0.2, -0.15) is 0 Å². The summed E-state index contributed by atoms with van der Waals surface area (Å²) in [7, 11) is -6.00. The van der Waals surface area contributed by atoms with Crippen LogP contribution in [0.5, 0.6) is 0 Å². The van der Waals surface area contributed by atoms with Crippen molar-refractivity contribution < 1.29 is 22.6 Å². The lowest BCUT2D eigenvalue weighted by Gasteiger charge is -1.94. The smallest absolute Gasteiger partial charge is 0.418 e. The predicted molar refractivity (Wildman–Crippen MR) is 31.1 cm³/mol. The van der Waals surface area contributed by atoms with Gasteiger partial charge in [0.05, 0.1) is 13.1 Å². The number of nitrogens with two attached hydrogens (primary N) is 1. The van der Waals surface area contributed by atoms with Gasteiger partial charge in [-0.3, -0.25) is 0 Å². The number of hydrogen-bond acceptors (Lipinski definition) is 0. The Bertz CT molecular complexity index is 66.2. The van der Waals surface area contributed by atoms with Crippen molar-refractivity contribution in [3.8, 4) is 0 Å². The van der Waals surface area contributed by atoms with E-state index in [-0.39, 0.29) is 0 Å². The summed E-state index contributed by atoms with van der Waals surface area (Å²) in [6.45, 7) is 2.75. The van der Waals surface area contributed by atoms with E-state index in [0.29, 0.717) is 0 Å². The molecule has 1 saturated heterocycles. The van der Waals surface area contributed by atoms with E-state index in [1.165, 1.54) is 25.9 Å². The van der Waals surface area contributed by atoms with Gasteiger partial charge in [-0.25, -0.2) is 0 Å². The average Bonchev–Trinajstić information content (AvgIpc) is 2.07. The molecule has 0 aromatic rings. The Morgan fingerprint density at radius 2 is 1.20 bits per heavy atom. The number of quaternary nitrogens is 1. The van der Waals surface area contributed by atoms with Crippen molar-refractivity contribution in [2.24, 2.45) is 0 Å². The Hall–Kier alpha value is -0.255. The molecule has 1 aliphatic rings. The molecule has 1 rings (SSSR count). The van der Waals surface area contributed by atoms with Crippen LogP contribution in [0.1, 0.15) is 12.8 Å².